The minimum absolute atomic E-state index is 0.0320. The number of likely N-dealkylation sites (N-methyl/N-ethyl adjacent to an activating group) is 1. The number of carbonyl (C=O) groups is 1. The van der Waals surface area contributed by atoms with E-state index in [4.69, 9.17) is 0 Å². The summed E-state index contributed by atoms with van der Waals surface area (Å²) in [6.45, 7) is 5.16. The van der Waals surface area contributed by atoms with Crippen LogP contribution < -0.4 is 4.90 Å². The van der Waals surface area contributed by atoms with Crippen LogP contribution in [0.15, 0.2) is 18.5 Å². The molecule has 0 spiro atoms. The van der Waals surface area contributed by atoms with E-state index >= 15 is 0 Å². The molecule has 1 amide bonds. The monoisotopic (exact) mass is 344 g/mol. The lowest BCUT2D eigenvalue weighted by Crippen LogP contribution is -2.46. The molecule has 0 bridgehead atoms. The molecular weight excluding hydrogens is 320 g/mol. The number of anilines is 1. The second-order valence-electron chi connectivity index (χ2n) is 6.78. The summed E-state index contributed by atoms with van der Waals surface area (Å²) in [6.07, 6.45) is 4.23. The number of hydrogen-bond donors (Lipinski definition) is 2. The minimum atomic E-state index is -0.954. The number of rotatable bonds is 5. The molecule has 0 aromatic carbocycles. The first-order valence-electron chi connectivity index (χ1n) is 8.37. The average Bonchev–Trinajstić information content (AvgIpc) is 3.13. The van der Waals surface area contributed by atoms with E-state index < -0.39 is 5.60 Å². The minimum Gasteiger partial charge on any atom is -0.386 e. The Labute approximate surface area is 146 Å². The molecular formula is C17H24N6O2. The molecule has 8 heteroatoms. The summed E-state index contributed by atoms with van der Waals surface area (Å²) in [5, 5.41) is 17.9. The zero-order valence-corrected chi connectivity index (χ0v) is 14.9. The normalized spacial score (nSPS) is 20.1. The first-order chi connectivity index (χ1) is 11.9. The van der Waals surface area contributed by atoms with E-state index in [9.17, 15) is 9.90 Å². The number of aliphatic hydroxyl groups is 1. The fraction of sp³-hybridized carbons (Fsp3) is 0.529. The third-order valence-corrected chi connectivity index (χ3v) is 4.73. The summed E-state index contributed by atoms with van der Waals surface area (Å²) in [7, 11) is 1.73. The molecule has 25 heavy (non-hydrogen) atoms. The number of aromatic nitrogens is 4. The molecule has 1 saturated heterocycles. The van der Waals surface area contributed by atoms with E-state index in [-0.39, 0.29) is 18.9 Å². The summed E-state index contributed by atoms with van der Waals surface area (Å²) >= 11 is 0. The second-order valence-corrected chi connectivity index (χ2v) is 6.78. The number of amides is 1. The van der Waals surface area contributed by atoms with Crippen molar-refractivity contribution in [3.8, 4) is 0 Å². The lowest BCUT2D eigenvalue weighted by molar-refractivity contribution is -0.132. The van der Waals surface area contributed by atoms with E-state index in [1.807, 2.05) is 18.7 Å². The number of β-amino-alcohol motifs (C(OH)–C–C–N with tert-alkyl or cyclic N) is 1. The zero-order chi connectivity index (χ0) is 18.0. The Morgan fingerprint density at radius 2 is 2.12 bits per heavy atom. The molecule has 2 N–H and O–H groups in total. The fourth-order valence-corrected chi connectivity index (χ4v) is 3.26. The summed E-state index contributed by atoms with van der Waals surface area (Å²) < 4.78 is 0. The van der Waals surface area contributed by atoms with Gasteiger partial charge in [0, 0.05) is 37.2 Å². The Morgan fingerprint density at radius 3 is 2.76 bits per heavy atom. The molecule has 1 aliphatic rings. The van der Waals surface area contributed by atoms with Gasteiger partial charge in [0.2, 0.25) is 11.9 Å². The summed E-state index contributed by atoms with van der Waals surface area (Å²) in [5.74, 6) is 0.576. The molecule has 1 atom stereocenters. The molecule has 0 radical (unpaired) electrons. The van der Waals surface area contributed by atoms with Crippen LogP contribution in [-0.2, 0) is 11.2 Å². The standard InChI is InChI=1S/C17H24N6O2/c1-12-14(13(2)21-20-12)9-15(24)22(3)10-17(25)5-8-23(11-17)16-18-6-4-7-19-16/h4,6-7,25H,5,8-11H2,1-3H3,(H,20,21). The van der Waals surface area contributed by atoms with Gasteiger partial charge in [0.1, 0.15) is 5.60 Å². The van der Waals surface area contributed by atoms with Gasteiger partial charge in [-0.3, -0.25) is 9.89 Å². The zero-order valence-electron chi connectivity index (χ0n) is 14.9. The van der Waals surface area contributed by atoms with E-state index in [1.54, 1.807) is 30.4 Å². The van der Waals surface area contributed by atoms with Gasteiger partial charge in [-0.15, -0.1) is 0 Å². The highest BCUT2D eigenvalue weighted by Crippen LogP contribution is 2.25. The number of aromatic amines is 1. The van der Waals surface area contributed by atoms with Gasteiger partial charge in [-0.25, -0.2) is 9.97 Å². The van der Waals surface area contributed by atoms with Crippen molar-refractivity contribution in [2.75, 3.05) is 31.6 Å². The SMILES string of the molecule is Cc1n[nH]c(C)c1CC(=O)N(C)CC1(O)CCN(c2ncccn2)C1. The van der Waals surface area contributed by atoms with E-state index in [0.717, 1.165) is 17.0 Å². The molecule has 3 heterocycles. The van der Waals surface area contributed by atoms with E-state index in [1.165, 1.54) is 0 Å². The molecule has 0 aliphatic carbocycles. The highest BCUT2D eigenvalue weighted by Gasteiger charge is 2.38. The predicted octanol–water partition coefficient (Wildman–Crippen LogP) is 0.459. The van der Waals surface area contributed by atoms with Crippen LogP contribution in [0.25, 0.3) is 0 Å². The van der Waals surface area contributed by atoms with Crippen molar-refractivity contribution in [2.24, 2.45) is 0 Å². The Balaban J connectivity index is 1.60. The van der Waals surface area contributed by atoms with Gasteiger partial charge in [0.05, 0.1) is 25.2 Å². The van der Waals surface area contributed by atoms with Crippen LogP contribution in [-0.4, -0.2) is 68.4 Å². The van der Waals surface area contributed by atoms with Gasteiger partial charge < -0.3 is 14.9 Å². The van der Waals surface area contributed by atoms with Crippen molar-refractivity contribution in [3.63, 3.8) is 0 Å². The van der Waals surface area contributed by atoms with Gasteiger partial charge >= 0.3 is 0 Å². The molecule has 2 aromatic rings. The van der Waals surface area contributed by atoms with Crippen molar-refractivity contribution < 1.29 is 9.90 Å². The van der Waals surface area contributed by atoms with Gasteiger partial charge in [-0.05, 0) is 26.3 Å². The number of nitrogens with one attached hydrogen (secondary N) is 1. The molecule has 2 aromatic heterocycles. The van der Waals surface area contributed by atoms with Crippen LogP contribution in [0.2, 0.25) is 0 Å². The van der Waals surface area contributed by atoms with Gasteiger partial charge in [-0.2, -0.15) is 5.10 Å². The third-order valence-electron chi connectivity index (χ3n) is 4.73. The van der Waals surface area contributed by atoms with Crippen molar-refractivity contribution in [2.45, 2.75) is 32.3 Å². The lowest BCUT2D eigenvalue weighted by Gasteiger charge is -2.29. The molecule has 3 rings (SSSR count). The molecule has 134 valence electrons. The van der Waals surface area contributed by atoms with Gasteiger partial charge in [0.15, 0.2) is 0 Å². The summed E-state index contributed by atoms with van der Waals surface area (Å²) in [4.78, 5) is 24.5. The van der Waals surface area contributed by atoms with Gasteiger partial charge in [-0.1, -0.05) is 0 Å². The number of aryl methyl sites for hydroxylation is 2. The van der Waals surface area contributed by atoms with Crippen LogP contribution in [0.5, 0.6) is 0 Å². The Hall–Kier alpha value is -2.48. The van der Waals surface area contributed by atoms with Crippen molar-refractivity contribution in [1.82, 2.24) is 25.1 Å². The van der Waals surface area contributed by atoms with Crippen LogP contribution in [0, 0.1) is 13.8 Å². The fourth-order valence-electron chi connectivity index (χ4n) is 3.26. The topological polar surface area (TPSA) is 98.2 Å². The Kier molecular flexibility index (Phi) is 4.71. The first-order valence-corrected chi connectivity index (χ1v) is 8.37. The molecule has 8 nitrogen and oxygen atoms in total. The maximum atomic E-state index is 12.5. The van der Waals surface area contributed by atoms with Crippen LogP contribution in [0.3, 0.4) is 0 Å². The van der Waals surface area contributed by atoms with Crippen molar-refractivity contribution in [3.05, 3.63) is 35.4 Å². The van der Waals surface area contributed by atoms with Crippen LogP contribution >= 0.6 is 0 Å². The molecule has 1 aliphatic heterocycles. The predicted molar refractivity (Wildman–Crippen MR) is 93.2 cm³/mol. The second kappa shape index (κ2) is 6.79. The first kappa shape index (κ1) is 17.3. The third kappa shape index (κ3) is 3.79. The number of carbonyl (C=O) groups excluding carboxylic acids is 1. The largest absolute Gasteiger partial charge is 0.386 e. The van der Waals surface area contributed by atoms with Crippen LogP contribution in [0.1, 0.15) is 23.4 Å². The van der Waals surface area contributed by atoms with E-state index in [0.29, 0.717) is 25.5 Å². The number of nitrogens with zero attached hydrogens (tertiary/aromatic N) is 5. The molecule has 1 fully saturated rings. The average molecular weight is 344 g/mol. The smallest absolute Gasteiger partial charge is 0.226 e. The molecule has 0 saturated carbocycles. The van der Waals surface area contributed by atoms with Gasteiger partial charge in [0.25, 0.3) is 0 Å². The summed E-state index contributed by atoms with van der Waals surface area (Å²) in [5.41, 5.74) is 1.72. The molecule has 1 unspecified atom stereocenters. The van der Waals surface area contributed by atoms with Crippen molar-refractivity contribution in [1.29, 1.82) is 0 Å². The Bertz CT molecular complexity index is 727. The highest BCUT2D eigenvalue weighted by atomic mass is 16.3. The summed E-state index contributed by atoms with van der Waals surface area (Å²) in [6, 6.07) is 1.76. The quantitative estimate of drug-likeness (QED) is 0.818. The maximum Gasteiger partial charge on any atom is 0.226 e. The number of H-pyrrole nitrogens is 1. The van der Waals surface area contributed by atoms with Crippen LogP contribution in [0.4, 0.5) is 5.95 Å². The van der Waals surface area contributed by atoms with Crippen molar-refractivity contribution >= 4 is 11.9 Å². The maximum absolute atomic E-state index is 12.5. The highest BCUT2D eigenvalue weighted by molar-refractivity contribution is 5.79. The lowest BCUT2D eigenvalue weighted by atomic mass is 10.0. The Morgan fingerprint density at radius 1 is 1.40 bits per heavy atom. The van der Waals surface area contributed by atoms with E-state index in [2.05, 4.69) is 20.2 Å². The number of hydrogen-bond acceptors (Lipinski definition) is 6.